The molecular weight excluding hydrogens is 400 g/mol. The summed E-state index contributed by atoms with van der Waals surface area (Å²) in [5.74, 6) is 0.200. The van der Waals surface area contributed by atoms with Crippen molar-refractivity contribution in [3.8, 4) is 5.75 Å². The van der Waals surface area contributed by atoms with Crippen LogP contribution in [0.2, 0.25) is 5.02 Å². The van der Waals surface area contributed by atoms with Gasteiger partial charge in [0.25, 0.3) is 11.8 Å². The van der Waals surface area contributed by atoms with Gasteiger partial charge in [0.05, 0.1) is 17.2 Å². The molecule has 2 N–H and O–H groups in total. The first-order valence-corrected chi connectivity index (χ1v) is 11.1. The van der Waals surface area contributed by atoms with Crippen molar-refractivity contribution in [3.05, 3.63) is 58.6 Å². The van der Waals surface area contributed by atoms with Gasteiger partial charge in [0.2, 0.25) is 0 Å². The fraction of sp³-hybridized carbons (Fsp3) is 0.417. The van der Waals surface area contributed by atoms with Gasteiger partial charge in [0, 0.05) is 17.3 Å². The molecule has 3 rings (SSSR count). The smallest absolute Gasteiger partial charge is 0.255 e. The van der Waals surface area contributed by atoms with Gasteiger partial charge in [-0.3, -0.25) is 9.59 Å². The SMILES string of the molecule is CCCCOc1cccc(C(=O)Nc2ccc(Cl)c(C(=O)NC3CCCCC3)c2)c1. The molecular formula is C24H29ClN2O3. The van der Waals surface area contributed by atoms with E-state index < -0.39 is 0 Å². The van der Waals surface area contributed by atoms with Gasteiger partial charge in [0.15, 0.2) is 0 Å². The monoisotopic (exact) mass is 428 g/mol. The molecule has 0 spiro atoms. The number of rotatable bonds is 8. The summed E-state index contributed by atoms with van der Waals surface area (Å²) in [4.78, 5) is 25.4. The molecule has 1 saturated carbocycles. The highest BCUT2D eigenvalue weighted by molar-refractivity contribution is 6.34. The first-order chi connectivity index (χ1) is 14.6. The second kappa shape index (κ2) is 11.0. The van der Waals surface area contributed by atoms with E-state index in [-0.39, 0.29) is 17.9 Å². The quantitative estimate of drug-likeness (QED) is 0.519. The van der Waals surface area contributed by atoms with E-state index >= 15 is 0 Å². The molecule has 5 nitrogen and oxygen atoms in total. The fourth-order valence-electron chi connectivity index (χ4n) is 3.55. The Labute approximate surface area is 183 Å². The maximum Gasteiger partial charge on any atom is 0.255 e. The molecule has 0 bridgehead atoms. The van der Waals surface area contributed by atoms with Crippen LogP contribution in [0, 0.1) is 0 Å². The van der Waals surface area contributed by atoms with Gasteiger partial charge in [-0.05, 0) is 55.7 Å². The minimum Gasteiger partial charge on any atom is -0.494 e. The number of halogens is 1. The van der Waals surface area contributed by atoms with Crippen molar-refractivity contribution in [2.75, 3.05) is 11.9 Å². The van der Waals surface area contributed by atoms with Crippen molar-refractivity contribution < 1.29 is 14.3 Å². The normalized spacial score (nSPS) is 14.2. The van der Waals surface area contributed by atoms with Gasteiger partial charge >= 0.3 is 0 Å². The van der Waals surface area contributed by atoms with Gasteiger partial charge in [-0.1, -0.05) is 50.3 Å². The Morgan fingerprint density at radius 2 is 1.87 bits per heavy atom. The van der Waals surface area contributed by atoms with Gasteiger partial charge < -0.3 is 15.4 Å². The Morgan fingerprint density at radius 1 is 1.07 bits per heavy atom. The second-order valence-corrected chi connectivity index (χ2v) is 8.09. The number of amides is 2. The molecule has 1 fully saturated rings. The van der Waals surface area contributed by atoms with E-state index in [0.717, 1.165) is 38.5 Å². The van der Waals surface area contributed by atoms with E-state index in [0.29, 0.717) is 34.2 Å². The summed E-state index contributed by atoms with van der Waals surface area (Å²) in [6.45, 7) is 2.72. The van der Waals surface area contributed by atoms with Gasteiger partial charge in [-0.25, -0.2) is 0 Å². The molecule has 30 heavy (non-hydrogen) atoms. The summed E-state index contributed by atoms with van der Waals surface area (Å²) in [7, 11) is 0. The van der Waals surface area contributed by atoms with E-state index in [9.17, 15) is 9.59 Å². The molecule has 1 aliphatic carbocycles. The third-order valence-electron chi connectivity index (χ3n) is 5.27. The lowest BCUT2D eigenvalue weighted by Gasteiger charge is -2.23. The standard InChI is InChI=1S/C24H29ClN2O3/c1-2-3-14-30-20-11-7-8-17(15-20)23(28)27-19-12-13-22(25)21(16-19)24(29)26-18-9-5-4-6-10-18/h7-8,11-13,15-16,18H,2-6,9-10,14H2,1H3,(H,26,29)(H,27,28). The molecule has 2 aromatic carbocycles. The number of hydrogen-bond donors (Lipinski definition) is 2. The van der Waals surface area contributed by atoms with E-state index in [4.69, 9.17) is 16.3 Å². The average Bonchev–Trinajstić information content (AvgIpc) is 2.76. The molecule has 0 aromatic heterocycles. The molecule has 6 heteroatoms. The van der Waals surface area contributed by atoms with Crippen LogP contribution in [0.15, 0.2) is 42.5 Å². The maximum atomic E-state index is 12.7. The molecule has 0 unspecified atom stereocenters. The Balaban J connectivity index is 1.66. The zero-order valence-corrected chi connectivity index (χ0v) is 18.1. The van der Waals surface area contributed by atoms with E-state index in [1.807, 2.05) is 6.07 Å². The summed E-state index contributed by atoms with van der Waals surface area (Å²) in [5.41, 5.74) is 1.39. The van der Waals surface area contributed by atoms with Crippen molar-refractivity contribution in [3.63, 3.8) is 0 Å². The van der Waals surface area contributed by atoms with Gasteiger partial charge in [-0.2, -0.15) is 0 Å². The van der Waals surface area contributed by atoms with Crippen molar-refractivity contribution >= 4 is 29.1 Å². The van der Waals surface area contributed by atoms with Crippen LogP contribution >= 0.6 is 11.6 Å². The van der Waals surface area contributed by atoms with Crippen LogP contribution < -0.4 is 15.4 Å². The number of anilines is 1. The highest BCUT2D eigenvalue weighted by atomic mass is 35.5. The second-order valence-electron chi connectivity index (χ2n) is 7.69. The van der Waals surface area contributed by atoms with Crippen molar-refractivity contribution in [2.24, 2.45) is 0 Å². The summed E-state index contributed by atoms with van der Waals surface area (Å²) in [6, 6.07) is 12.2. The minimum atomic E-state index is -0.267. The molecule has 160 valence electrons. The summed E-state index contributed by atoms with van der Waals surface area (Å²) in [5, 5.41) is 6.28. The number of nitrogens with one attached hydrogen (secondary N) is 2. The summed E-state index contributed by atoms with van der Waals surface area (Å²) >= 11 is 6.25. The molecule has 2 amide bonds. The Hall–Kier alpha value is -2.53. The first-order valence-electron chi connectivity index (χ1n) is 10.7. The lowest BCUT2D eigenvalue weighted by atomic mass is 9.95. The third kappa shape index (κ3) is 6.23. The molecule has 0 saturated heterocycles. The summed E-state index contributed by atoms with van der Waals surface area (Å²) < 4.78 is 5.68. The van der Waals surface area contributed by atoms with Crippen LogP contribution in [0.5, 0.6) is 5.75 Å². The number of hydrogen-bond acceptors (Lipinski definition) is 3. The van der Waals surface area contributed by atoms with Crippen molar-refractivity contribution in [2.45, 2.75) is 57.9 Å². The lowest BCUT2D eigenvalue weighted by molar-refractivity contribution is 0.0926. The first kappa shape index (κ1) is 22.2. The maximum absolute atomic E-state index is 12.7. The number of ether oxygens (including phenoxy) is 1. The fourth-order valence-corrected chi connectivity index (χ4v) is 3.76. The number of benzene rings is 2. The van der Waals surface area contributed by atoms with Gasteiger partial charge in [-0.15, -0.1) is 0 Å². The predicted molar refractivity (Wildman–Crippen MR) is 121 cm³/mol. The van der Waals surface area contributed by atoms with Crippen LogP contribution in [0.1, 0.15) is 72.6 Å². The van der Waals surface area contributed by atoms with Crippen LogP contribution in [-0.2, 0) is 0 Å². The molecule has 0 radical (unpaired) electrons. The molecule has 0 aliphatic heterocycles. The van der Waals surface area contributed by atoms with Crippen molar-refractivity contribution in [1.82, 2.24) is 5.32 Å². The van der Waals surface area contributed by atoms with Crippen molar-refractivity contribution in [1.29, 1.82) is 0 Å². The van der Waals surface area contributed by atoms with E-state index in [2.05, 4.69) is 17.6 Å². The average molecular weight is 429 g/mol. The molecule has 2 aromatic rings. The molecule has 1 aliphatic rings. The number of unbranched alkanes of at least 4 members (excludes halogenated alkanes) is 1. The highest BCUT2D eigenvalue weighted by Gasteiger charge is 2.19. The third-order valence-corrected chi connectivity index (χ3v) is 5.60. The van der Waals surface area contributed by atoms with E-state index in [1.54, 1.807) is 36.4 Å². The van der Waals surface area contributed by atoms with Crippen LogP contribution in [0.3, 0.4) is 0 Å². The van der Waals surface area contributed by atoms with Crippen LogP contribution in [0.4, 0.5) is 5.69 Å². The highest BCUT2D eigenvalue weighted by Crippen LogP contribution is 2.23. The van der Waals surface area contributed by atoms with Crippen LogP contribution in [-0.4, -0.2) is 24.5 Å². The van der Waals surface area contributed by atoms with Gasteiger partial charge in [0.1, 0.15) is 5.75 Å². The minimum absolute atomic E-state index is 0.191. The Bertz CT molecular complexity index is 879. The Kier molecular flexibility index (Phi) is 8.14. The molecule has 0 atom stereocenters. The largest absolute Gasteiger partial charge is 0.494 e. The zero-order chi connectivity index (χ0) is 21.3. The van der Waals surface area contributed by atoms with Crippen LogP contribution in [0.25, 0.3) is 0 Å². The molecule has 0 heterocycles. The zero-order valence-electron chi connectivity index (χ0n) is 17.4. The Morgan fingerprint density at radius 3 is 2.63 bits per heavy atom. The topological polar surface area (TPSA) is 67.4 Å². The number of carbonyl (C=O) groups is 2. The number of carbonyl (C=O) groups excluding carboxylic acids is 2. The lowest BCUT2D eigenvalue weighted by Crippen LogP contribution is -2.36. The predicted octanol–water partition coefficient (Wildman–Crippen LogP) is 5.83. The summed E-state index contributed by atoms with van der Waals surface area (Å²) in [6.07, 6.45) is 7.50. The van der Waals surface area contributed by atoms with E-state index in [1.165, 1.54) is 6.42 Å².